The molecule has 2 rings (SSSR count). The molecule has 0 unspecified atom stereocenters. The Kier molecular flexibility index (Phi) is 1.57. The molecule has 0 saturated heterocycles. The predicted molar refractivity (Wildman–Crippen MR) is 41.5 cm³/mol. The molecule has 3 heteroatoms. The minimum absolute atomic E-state index is 0.616. The van der Waals surface area contributed by atoms with E-state index in [1.807, 2.05) is 30.3 Å². The van der Waals surface area contributed by atoms with Crippen LogP contribution < -0.4 is 5.48 Å². The molecule has 55 valence electrons. The van der Waals surface area contributed by atoms with Crippen molar-refractivity contribution in [1.82, 2.24) is 5.48 Å². The zero-order chi connectivity index (χ0) is 7.52. The van der Waals surface area contributed by atoms with Gasteiger partial charge in [-0.15, -0.1) is 0 Å². The van der Waals surface area contributed by atoms with Crippen LogP contribution in [0.2, 0.25) is 0 Å². The lowest BCUT2D eigenvalue weighted by atomic mass is 10.2. The third-order valence-corrected chi connectivity index (χ3v) is 1.41. The molecule has 1 radical (unpaired) electrons. The molecule has 0 spiro atoms. The van der Waals surface area contributed by atoms with E-state index in [2.05, 4.69) is 10.5 Å². The summed E-state index contributed by atoms with van der Waals surface area (Å²) in [6.45, 7) is 0. The van der Waals surface area contributed by atoms with E-state index < -0.39 is 0 Å². The third kappa shape index (κ3) is 1.23. The van der Waals surface area contributed by atoms with Gasteiger partial charge < -0.3 is 0 Å². The number of hydrogen-bond acceptors (Lipinski definition) is 3. The summed E-state index contributed by atoms with van der Waals surface area (Å²) in [6, 6.07) is 9.73. The van der Waals surface area contributed by atoms with Crippen molar-refractivity contribution < 1.29 is 4.84 Å². The Hall–Kier alpha value is -1.35. The second-order valence-electron chi connectivity index (χ2n) is 2.15. The number of benzene rings is 1. The van der Waals surface area contributed by atoms with Crippen molar-refractivity contribution in [2.24, 2.45) is 4.99 Å². The summed E-state index contributed by atoms with van der Waals surface area (Å²) in [4.78, 5) is 8.95. The summed E-state index contributed by atoms with van der Waals surface area (Å²) in [6.07, 6.45) is 2.13. The maximum atomic E-state index is 4.98. The van der Waals surface area contributed by atoms with Crippen LogP contribution in [0.15, 0.2) is 35.3 Å². The van der Waals surface area contributed by atoms with Gasteiger partial charge in [0.05, 0.1) is 0 Å². The van der Waals surface area contributed by atoms with Crippen molar-refractivity contribution in [3.63, 3.8) is 0 Å². The van der Waals surface area contributed by atoms with Gasteiger partial charge in [0.25, 0.3) is 6.23 Å². The Morgan fingerprint density at radius 2 is 2.00 bits per heavy atom. The fourth-order valence-electron chi connectivity index (χ4n) is 0.908. The zero-order valence-corrected chi connectivity index (χ0v) is 5.82. The average Bonchev–Trinajstić information content (AvgIpc) is 2.58. The Morgan fingerprint density at radius 1 is 1.18 bits per heavy atom. The van der Waals surface area contributed by atoms with Crippen LogP contribution in [0.4, 0.5) is 0 Å². The first kappa shape index (κ1) is 6.37. The number of hydroxylamine groups is 1. The Labute approximate surface area is 64.7 Å². The van der Waals surface area contributed by atoms with Crippen molar-refractivity contribution >= 4 is 6.34 Å². The molecule has 0 amide bonds. The van der Waals surface area contributed by atoms with E-state index in [0.717, 1.165) is 5.56 Å². The maximum Gasteiger partial charge on any atom is 0.268 e. The van der Waals surface area contributed by atoms with Gasteiger partial charge in [0.15, 0.2) is 0 Å². The molecule has 0 bridgehead atoms. The molecule has 1 aliphatic heterocycles. The van der Waals surface area contributed by atoms with Crippen molar-refractivity contribution in [1.29, 1.82) is 0 Å². The van der Waals surface area contributed by atoms with E-state index in [-0.39, 0.29) is 0 Å². The lowest BCUT2D eigenvalue weighted by molar-refractivity contribution is 0.135. The lowest BCUT2D eigenvalue weighted by Gasteiger charge is -2.02. The molecule has 3 nitrogen and oxygen atoms in total. The number of nitrogens with zero attached hydrogens (tertiary/aromatic N) is 1. The fraction of sp³-hybridized carbons (Fsp3) is 0. The van der Waals surface area contributed by atoms with Gasteiger partial charge in [-0.2, -0.15) is 0 Å². The fourth-order valence-corrected chi connectivity index (χ4v) is 0.908. The Morgan fingerprint density at radius 3 is 2.64 bits per heavy atom. The SMILES string of the molecule is C1=N[C](c2ccccc2)ON1. The first-order valence-corrected chi connectivity index (χ1v) is 3.34. The molecule has 0 fully saturated rings. The number of nitrogens with one attached hydrogen (secondary N) is 1. The van der Waals surface area contributed by atoms with Gasteiger partial charge in [0, 0.05) is 5.56 Å². The first-order chi connectivity index (χ1) is 5.47. The van der Waals surface area contributed by atoms with Crippen LogP contribution >= 0.6 is 0 Å². The molecule has 1 heterocycles. The van der Waals surface area contributed by atoms with Gasteiger partial charge in [-0.3, -0.25) is 5.48 Å². The number of aliphatic imine (C=N–C) groups is 1. The largest absolute Gasteiger partial charge is 0.268 e. The summed E-state index contributed by atoms with van der Waals surface area (Å²) in [5.74, 6) is 0. The van der Waals surface area contributed by atoms with Crippen LogP contribution in [0, 0.1) is 6.23 Å². The number of hydrogen-bond donors (Lipinski definition) is 1. The molecular formula is C8H7N2O. The molecule has 1 aromatic rings. The van der Waals surface area contributed by atoms with E-state index in [9.17, 15) is 0 Å². The standard InChI is InChI=1S/C8H7N2O/c1-2-4-7(5-3-1)8-9-6-10-11-8/h1-6H,(H,9,10). The highest BCUT2D eigenvalue weighted by Gasteiger charge is 2.14. The smallest absolute Gasteiger partial charge is 0.253 e. The van der Waals surface area contributed by atoms with E-state index in [1.165, 1.54) is 6.34 Å². The minimum atomic E-state index is 0.616. The first-order valence-electron chi connectivity index (χ1n) is 3.34. The maximum absolute atomic E-state index is 4.98. The van der Waals surface area contributed by atoms with Crippen LogP contribution in [-0.2, 0) is 4.84 Å². The lowest BCUT2D eigenvalue weighted by Crippen LogP contribution is -2.06. The van der Waals surface area contributed by atoms with Gasteiger partial charge in [-0.05, 0) is 0 Å². The van der Waals surface area contributed by atoms with Crippen molar-refractivity contribution in [2.45, 2.75) is 0 Å². The third-order valence-electron chi connectivity index (χ3n) is 1.41. The van der Waals surface area contributed by atoms with E-state index >= 15 is 0 Å². The van der Waals surface area contributed by atoms with E-state index in [1.54, 1.807) is 0 Å². The Bertz CT molecular complexity index is 258. The summed E-state index contributed by atoms with van der Waals surface area (Å²) in [5, 5.41) is 0. The van der Waals surface area contributed by atoms with Crippen LogP contribution in [0.3, 0.4) is 0 Å². The molecule has 1 aromatic carbocycles. The summed E-state index contributed by atoms with van der Waals surface area (Å²) < 4.78 is 0. The molecular weight excluding hydrogens is 140 g/mol. The quantitative estimate of drug-likeness (QED) is 0.645. The normalized spacial score (nSPS) is 16.7. The van der Waals surface area contributed by atoms with Crippen LogP contribution in [0.1, 0.15) is 5.56 Å². The predicted octanol–water partition coefficient (Wildman–Crippen LogP) is 1.09. The molecule has 0 atom stereocenters. The van der Waals surface area contributed by atoms with Gasteiger partial charge in [-0.1, -0.05) is 30.3 Å². The molecule has 0 saturated carbocycles. The summed E-state index contributed by atoms with van der Waals surface area (Å²) in [7, 11) is 0. The van der Waals surface area contributed by atoms with Crippen molar-refractivity contribution in [3.05, 3.63) is 42.1 Å². The van der Waals surface area contributed by atoms with Gasteiger partial charge in [-0.25, -0.2) is 9.83 Å². The second kappa shape index (κ2) is 2.72. The molecule has 0 aliphatic carbocycles. The summed E-state index contributed by atoms with van der Waals surface area (Å²) in [5.41, 5.74) is 3.52. The summed E-state index contributed by atoms with van der Waals surface area (Å²) >= 11 is 0. The molecule has 1 aliphatic rings. The van der Waals surface area contributed by atoms with Crippen LogP contribution in [-0.4, -0.2) is 6.34 Å². The van der Waals surface area contributed by atoms with Crippen LogP contribution in [0.5, 0.6) is 0 Å². The molecule has 11 heavy (non-hydrogen) atoms. The van der Waals surface area contributed by atoms with E-state index in [4.69, 9.17) is 4.84 Å². The molecule has 0 aromatic heterocycles. The van der Waals surface area contributed by atoms with Crippen molar-refractivity contribution in [2.75, 3.05) is 0 Å². The van der Waals surface area contributed by atoms with Gasteiger partial charge in [0.1, 0.15) is 6.34 Å². The highest BCUT2D eigenvalue weighted by atomic mass is 16.7. The van der Waals surface area contributed by atoms with Crippen molar-refractivity contribution in [3.8, 4) is 0 Å². The monoisotopic (exact) mass is 147 g/mol. The average molecular weight is 147 g/mol. The Balaban J connectivity index is 2.23. The van der Waals surface area contributed by atoms with Gasteiger partial charge in [0.2, 0.25) is 0 Å². The zero-order valence-electron chi connectivity index (χ0n) is 5.82. The second-order valence-corrected chi connectivity index (χ2v) is 2.15. The molecule has 1 N–H and O–H groups in total. The topological polar surface area (TPSA) is 33.6 Å². The van der Waals surface area contributed by atoms with Crippen LogP contribution in [0.25, 0.3) is 0 Å². The minimum Gasteiger partial charge on any atom is -0.253 e. The number of rotatable bonds is 1. The highest BCUT2D eigenvalue weighted by molar-refractivity contribution is 5.57. The van der Waals surface area contributed by atoms with Gasteiger partial charge >= 0.3 is 0 Å². The van der Waals surface area contributed by atoms with E-state index in [0.29, 0.717) is 6.23 Å². The highest BCUT2D eigenvalue weighted by Crippen LogP contribution is 2.17.